The van der Waals surface area contributed by atoms with Crippen LogP contribution in [0.4, 0.5) is 21.0 Å². The zero-order chi connectivity index (χ0) is 50.9. The Hall–Kier alpha value is -6.58. The van der Waals surface area contributed by atoms with Gasteiger partial charge in [0, 0.05) is 115 Å². The van der Waals surface area contributed by atoms with E-state index in [4.69, 9.17) is 9.47 Å². The second-order valence-corrected chi connectivity index (χ2v) is 18.0. The van der Waals surface area contributed by atoms with Gasteiger partial charge in [-0.1, -0.05) is 78.9 Å². The highest BCUT2D eigenvalue weighted by Crippen LogP contribution is 2.34. The average Bonchev–Trinajstić information content (AvgIpc) is 3.41. The number of methoxy groups -OCH3 is 2. The molecule has 0 saturated carbocycles. The van der Waals surface area contributed by atoms with Gasteiger partial charge in [-0.15, -0.1) is 0 Å². The molecule has 1 N–H and O–H groups in total. The van der Waals surface area contributed by atoms with Gasteiger partial charge in [0.05, 0.1) is 26.3 Å². The van der Waals surface area contributed by atoms with E-state index in [1.807, 2.05) is 92.1 Å². The minimum atomic E-state index is -0.488. The Morgan fingerprint density at radius 1 is 0.549 bits per heavy atom. The first-order valence-corrected chi connectivity index (χ1v) is 25.0. The predicted molar refractivity (Wildman–Crippen MR) is 283 cm³/mol. The summed E-state index contributed by atoms with van der Waals surface area (Å²) >= 11 is 0. The van der Waals surface area contributed by atoms with Crippen LogP contribution in [0.1, 0.15) is 88.3 Å². The molecule has 2 saturated heterocycles. The third kappa shape index (κ3) is 14.3. The molecule has 378 valence electrons. The SMILES string of the molecule is CCN(CC)C(=O)c1ccc(C(c2cccc(N(C)C(=O)OC)c2)N2CCN(Cc3ccccc3)CC2)cc1.CCN(CC)C(=O)c1ccc(C(c2cccc(NC(=O)OC)c2)N2CCN(C)CC2)cc1. The zero-order valence-electron chi connectivity index (χ0n) is 43.1. The van der Waals surface area contributed by atoms with Crippen LogP contribution in [0, 0.1) is 0 Å². The minimum Gasteiger partial charge on any atom is -0.453 e. The molecule has 14 heteroatoms. The van der Waals surface area contributed by atoms with Crippen molar-refractivity contribution in [1.82, 2.24) is 29.4 Å². The molecular weight excluding hydrogens is 893 g/mol. The molecule has 0 bridgehead atoms. The molecule has 0 radical (unpaired) electrons. The highest BCUT2D eigenvalue weighted by atomic mass is 16.5. The maximum absolute atomic E-state index is 12.9. The molecule has 5 aromatic carbocycles. The summed E-state index contributed by atoms with van der Waals surface area (Å²) in [5.41, 5.74) is 8.65. The third-order valence-corrected chi connectivity index (χ3v) is 13.6. The largest absolute Gasteiger partial charge is 0.453 e. The zero-order valence-corrected chi connectivity index (χ0v) is 43.1. The Balaban J connectivity index is 0.000000237. The van der Waals surface area contributed by atoms with Crippen LogP contribution < -0.4 is 10.2 Å². The number of nitrogens with one attached hydrogen (secondary N) is 1. The van der Waals surface area contributed by atoms with Gasteiger partial charge >= 0.3 is 12.2 Å². The molecule has 5 aromatic rings. The molecule has 14 nitrogen and oxygen atoms in total. The van der Waals surface area contributed by atoms with Crippen molar-refractivity contribution in [2.24, 2.45) is 0 Å². The van der Waals surface area contributed by atoms with Gasteiger partial charge < -0.3 is 24.2 Å². The van der Waals surface area contributed by atoms with Crippen LogP contribution in [-0.4, -0.2) is 160 Å². The normalized spacial score (nSPS) is 15.3. The Morgan fingerprint density at radius 2 is 1.03 bits per heavy atom. The van der Waals surface area contributed by atoms with Crippen LogP contribution >= 0.6 is 0 Å². The van der Waals surface area contributed by atoms with Gasteiger partial charge in [-0.05, 0) is 111 Å². The van der Waals surface area contributed by atoms with Gasteiger partial charge in [-0.25, -0.2) is 9.59 Å². The standard InChI is InChI=1S/C32H40N4O3.C25H34N4O3/c1-5-35(6-2)31(37)27-17-15-26(16-18-27)30(28-13-10-14-29(23-28)33(3)32(38)39-4)36-21-19-34(20-22-36)24-25-11-8-7-9-12-25;1-5-28(6-2)24(30)20-12-10-19(11-13-20)23(29-16-14-27(3)15-17-29)21-8-7-9-22(18-21)26-25(31)32-4/h7-18,23,30H,5-6,19-22,24H2,1-4H3;7-13,18,23H,5-6,14-17H2,1-4H3,(H,26,31). The van der Waals surface area contributed by atoms with Gasteiger partial charge in [-0.2, -0.15) is 0 Å². The van der Waals surface area contributed by atoms with Gasteiger partial charge in [0.1, 0.15) is 0 Å². The van der Waals surface area contributed by atoms with Crippen molar-refractivity contribution in [2.45, 2.75) is 46.3 Å². The first kappa shape index (κ1) is 53.8. The molecule has 0 aliphatic carbocycles. The average molecular weight is 967 g/mol. The first-order chi connectivity index (χ1) is 34.4. The molecule has 2 aliphatic heterocycles. The molecule has 0 spiro atoms. The topological polar surface area (TPSA) is 121 Å². The van der Waals surface area contributed by atoms with E-state index in [-0.39, 0.29) is 23.9 Å². The van der Waals surface area contributed by atoms with Gasteiger partial charge in [0.25, 0.3) is 11.8 Å². The van der Waals surface area contributed by atoms with Crippen molar-refractivity contribution in [2.75, 3.05) is 117 Å². The smallest absolute Gasteiger partial charge is 0.413 e. The van der Waals surface area contributed by atoms with Crippen LogP contribution in [0.2, 0.25) is 0 Å². The summed E-state index contributed by atoms with van der Waals surface area (Å²) in [6.07, 6.45) is -0.893. The number of hydrogen-bond acceptors (Lipinski definition) is 10. The van der Waals surface area contributed by atoms with E-state index in [9.17, 15) is 19.2 Å². The number of anilines is 2. The molecule has 71 heavy (non-hydrogen) atoms. The quantitative estimate of drug-likeness (QED) is 0.103. The fourth-order valence-electron chi connectivity index (χ4n) is 9.43. The van der Waals surface area contributed by atoms with Crippen molar-refractivity contribution in [1.29, 1.82) is 0 Å². The molecule has 2 unspecified atom stereocenters. The van der Waals surface area contributed by atoms with Crippen molar-refractivity contribution in [3.8, 4) is 0 Å². The molecule has 2 aliphatic rings. The van der Waals surface area contributed by atoms with Crippen molar-refractivity contribution < 1.29 is 28.7 Å². The number of carbonyl (C=O) groups excluding carboxylic acids is 4. The minimum absolute atomic E-state index is 0.00697. The number of amides is 4. The van der Waals surface area contributed by atoms with Gasteiger partial charge in [-0.3, -0.25) is 34.5 Å². The van der Waals surface area contributed by atoms with Crippen LogP contribution in [0.15, 0.2) is 127 Å². The van der Waals surface area contributed by atoms with Crippen LogP contribution in [0.3, 0.4) is 0 Å². The lowest BCUT2D eigenvalue weighted by molar-refractivity contribution is 0.0765. The Kier molecular flexibility index (Phi) is 20.1. The van der Waals surface area contributed by atoms with E-state index in [1.165, 1.54) is 24.7 Å². The van der Waals surface area contributed by atoms with Gasteiger partial charge in [0.2, 0.25) is 0 Å². The van der Waals surface area contributed by atoms with Crippen LogP contribution in [-0.2, 0) is 16.0 Å². The predicted octanol–water partition coefficient (Wildman–Crippen LogP) is 8.96. The lowest BCUT2D eigenvalue weighted by Crippen LogP contribution is -2.47. The molecule has 4 amide bonds. The molecule has 2 heterocycles. The van der Waals surface area contributed by atoms with Crippen molar-refractivity contribution in [3.05, 3.63) is 166 Å². The fourth-order valence-corrected chi connectivity index (χ4v) is 9.43. The molecule has 2 fully saturated rings. The Labute approximate surface area is 421 Å². The summed E-state index contributed by atoms with van der Waals surface area (Å²) in [6.45, 7) is 19.3. The maximum Gasteiger partial charge on any atom is 0.413 e. The molecule has 0 aromatic heterocycles. The molecule has 2 atom stereocenters. The van der Waals surface area contributed by atoms with Crippen molar-refractivity contribution in [3.63, 3.8) is 0 Å². The summed E-state index contributed by atoms with van der Waals surface area (Å²) in [5.74, 6) is 0.112. The number of nitrogens with zero attached hydrogens (tertiary/aromatic N) is 7. The summed E-state index contributed by atoms with van der Waals surface area (Å²) in [7, 11) is 6.60. The number of ether oxygens (including phenoxy) is 2. The first-order valence-electron chi connectivity index (χ1n) is 25.0. The molecular formula is C57H74N8O6. The van der Waals surface area contributed by atoms with Gasteiger partial charge in [0.15, 0.2) is 0 Å². The number of piperazine rings is 2. The number of rotatable bonds is 16. The van der Waals surface area contributed by atoms with Crippen LogP contribution in [0.5, 0.6) is 0 Å². The third-order valence-electron chi connectivity index (χ3n) is 13.6. The highest BCUT2D eigenvalue weighted by Gasteiger charge is 2.29. The summed E-state index contributed by atoms with van der Waals surface area (Å²) in [6, 6.07) is 42.6. The van der Waals surface area contributed by atoms with Crippen molar-refractivity contribution >= 4 is 35.4 Å². The fraction of sp³-hybridized carbons (Fsp3) is 0.404. The maximum atomic E-state index is 12.9. The second kappa shape index (κ2) is 26.6. The number of carbonyl (C=O) groups is 4. The summed E-state index contributed by atoms with van der Waals surface area (Å²) < 4.78 is 9.68. The van der Waals surface area contributed by atoms with E-state index in [0.717, 1.165) is 86.8 Å². The van der Waals surface area contributed by atoms with E-state index in [0.29, 0.717) is 43.0 Å². The summed E-state index contributed by atoms with van der Waals surface area (Å²) in [4.78, 5) is 64.5. The van der Waals surface area contributed by atoms with E-state index in [1.54, 1.807) is 7.05 Å². The number of benzene rings is 5. The lowest BCUT2D eigenvalue weighted by Gasteiger charge is -2.40. The van der Waals surface area contributed by atoms with E-state index < -0.39 is 12.2 Å². The lowest BCUT2D eigenvalue weighted by atomic mass is 9.94. The van der Waals surface area contributed by atoms with E-state index >= 15 is 0 Å². The Morgan fingerprint density at radius 3 is 1.51 bits per heavy atom. The summed E-state index contributed by atoms with van der Waals surface area (Å²) in [5, 5.41) is 2.76. The number of likely N-dealkylation sites (N-methyl/N-ethyl adjacent to an activating group) is 1. The highest BCUT2D eigenvalue weighted by molar-refractivity contribution is 5.95. The van der Waals surface area contributed by atoms with Crippen LogP contribution in [0.25, 0.3) is 0 Å². The van der Waals surface area contributed by atoms with E-state index in [2.05, 4.69) is 105 Å². The monoisotopic (exact) mass is 967 g/mol. The number of hydrogen-bond donors (Lipinski definition) is 1. The molecule has 7 rings (SSSR count). The second-order valence-electron chi connectivity index (χ2n) is 18.0. The Bertz CT molecular complexity index is 2460.